The van der Waals surface area contributed by atoms with E-state index in [4.69, 9.17) is 9.47 Å². The summed E-state index contributed by atoms with van der Waals surface area (Å²) in [5.41, 5.74) is 1.33. The number of benzene rings is 2. The molecule has 0 aliphatic carbocycles. The number of morpholine rings is 1. The molecule has 0 bridgehead atoms. The first-order valence-corrected chi connectivity index (χ1v) is 12.7. The number of amides is 1. The maximum atomic E-state index is 13.2. The molecule has 2 aliphatic heterocycles. The molecule has 0 spiro atoms. The number of nitrogens with zero attached hydrogens (tertiary/aromatic N) is 2. The van der Waals surface area contributed by atoms with Crippen LogP contribution in [-0.4, -0.2) is 72.6 Å². The second kappa shape index (κ2) is 11.4. The summed E-state index contributed by atoms with van der Waals surface area (Å²) in [6, 6.07) is 13.8. The lowest BCUT2D eigenvalue weighted by atomic mass is 9.95. The predicted octanol–water partition coefficient (Wildman–Crippen LogP) is 4.24. The van der Waals surface area contributed by atoms with Crippen molar-refractivity contribution in [3.63, 3.8) is 0 Å². The number of likely N-dealkylation sites (tertiary alicyclic amines) is 1. The van der Waals surface area contributed by atoms with Crippen molar-refractivity contribution in [3.8, 4) is 5.75 Å². The van der Waals surface area contributed by atoms with Gasteiger partial charge in [0.05, 0.1) is 31.4 Å². The summed E-state index contributed by atoms with van der Waals surface area (Å²) in [4.78, 5) is 30.2. The molecule has 8 heteroatoms. The molecule has 2 heterocycles. The van der Waals surface area contributed by atoms with E-state index in [1.54, 1.807) is 29.2 Å². The topological polar surface area (TPSA) is 79.3 Å². The summed E-state index contributed by atoms with van der Waals surface area (Å²) in [7, 11) is 0. The third-order valence-corrected chi connectivity index (χ3v) is 6.67. The molecule has 2 aromatic carbocycles. The van der Waals surface area contributed by atoms with Gasteiger partial charge in [0, 0.05) is 36.2 Å². The molecule has 35 heavy (non-hydrogen) atoms. The summed E-state index contributed by atoms with van der Waals surface area (Å²) >= 11 is 3.49. The Bertz CT molecular complexity index is 1090. The van der Waals surface area contributed by atoms with Gasteiger partial charge >= 0.3 is 0 Å². The fourth-order valence-corrected chi connectivity index (χ4v) is 4.75. The van der Waals surface area contributed by atoms with Crippen LogP contribution in [0.15, 0.2) is 58.6 Å². The average molecular weight is 543 g/mol. The Labute approximate surface area is 214 Å². The molecular formula is C27H31BrN2O5. The van der Waals surface area contributed by atoms with Gasteiger partial charge in [-0.25, -0.2) is 0 Å². The second-order valence-corrected chi connectivity index (χ2v) is 10.1. The Hall–Kier alpha value is -2.68. The standard InChI is InChI=1S/C27H31BrN2O5/c1-18(2)17-35-22-8-6-19(7-9-22)25(31)23-24(20-4-3-5-21(28)16-20)30(27(33)26(23)32)11-10-29-12-14-34-15-13-29/h3-9,16,18,24,31H,10-15,17H2,1-2H3/b25-23+. The number of carbonyl (C=O) groups is 2. The molecule has 1 atom stereocenters. The molecule has 1 unspecified atom stereocenters. The number of aliphatic hydroxyl groups is 1. The summed E-state index contributed by atoms with van der Waals surface area (Å²) in [5.74, 6) is -0.375. The Kier molecular flexibility index (Phi) is 8.26. The Morgan fingerprint density at radius 1 is 1.11 bits per heavy atom. The van der Waals surface area contributed by atoms with E-state index in [1.165, 1.54) is 0 Å². The maximum absolute atomic E-state index is 13.2. The summed E-state index contributed by atoms with van der Waals surface area (Å²) in [6.07, 6.45) is 0. The van der Waals surface area contributed by atoms with E-state index in [0.717, 1.165) is 23.1 Å². The number of carbonyl (C=O) groups excluding carboxylic acids is 2. The van der Waals surface area contributed by atoms with E-state index in [2.05, 4.69) is 34.7 Å². The monoisotopic (exact) mass is 542 g/mol. The van der Waals surface area contributed by atoms with Crippen LogP contribution in [0.1, 0.15) is 31.0 Å². The number of hydrogen-bond donors (Lipinski definition) is 1. The number of rotatable bonds is 8. The number of aliphatic hydroxyl groups excluding tert-OH is 1. The molecule has 0 saturated carbocycles. The molecule has 7 nitrogen and oxygen atoms in total. The lowest BCUT2D eigenvalue weighted by molar-refractivity contribution is -0.140. The van der Waals surface area contributed by atoms with Gasteiger partial charge in [-0.2, -0.15) is 0 Å². The van der Waals surface area contributed by atoms with Crippen LogP contribution in [0.2, 0.25) is 0 Å². The Morgan fingerprint density at radius 2 is 1.83 bits per heavy atom. The van der Waals surface area contributed by atoms with Crippen LogP contribution in [0, 0.1) is 5.92 Å². The van der Waals surface area contributed by atoms with Gasteiger partial charge in [0.25, 0.3) is 11.7 Å². The van der Waals surface area contributed by atoms with E-state index in [0.29, 0.717) is 50.1 Å². The predicted molar refractivity (Wildman–Crippen MR) is 137 cm³/mol. The zero-order chi connectivity index (χ0) is 24.9. The van der Waals surface area contributed by atoms with Gasteiger partial charge < -0.3 is 19.5 Å². The van der Waals surface area contributed by atoms with Crippen LogP contribution in [0.4, 0.5) is 0 Å². The van der Waals surface area contributed by atoms with Gasteiger partial charge in [-0.1, -0.05) is 41.9 Å². The van der Waals surface area contributed by atoms with E-state index < -0.39 is 17.7 Å². The van der Waals surface area contributed by atoms with Gasteiger partial charge in [-0.05, 0) is 47.9 Å². The van der Waals surface area contributed by atoms with Gasteiger partial charge in [-0.15, -0.1) is 0 Å². The largest absolute Gasteiger partial charge is 0.507 e. The van der Waals surface area contributed by atoms with E-state index >= 15 is 0 Å². The van der Waals surface area contributed by atoms with E-state index in [-0.39, 0.29) is 11.3 Å². The Balaban J connectivity index is 1.67. The van der Waals surface area contributed by atoms with Crippen molar-refractivity contribution in [1.82, 2.24) is 9.80 Å². The van der Waals surface area contributed by atoms with Gasteiger partial charge in [-0.3, -0.25) is 14.5 Å². The van der Waals surface area contributed by atoms with Crippen LogP contribution >= 0.6 is 15.9 Å². The van der Waals surface area contributed by atoms with E-state index in [9.17, 15) is 14.7 Å². The van der Waals surface area contributed by atoms with Crippen molar-refractivity contribution >= 4 is 33.4 Å². The van der Waals surface area contributed by atoms with Crippen molar-refractivity contribution in [2.75, 3.05) is 46.0 Å². The lowest BCUT2D eigenvalue weighted by Crippen LogP contribution is -2.42. The van der Waals surface area contributed by atoms with Gasteiger partial charge in [0.15, 0.2) is 0 Å². The maximum Gasteiger partial charge on any atom is 0.295 e. The first-order chi connectivity index (χ1) is 16.8. The zero-order valence-electron chi connectivity index (χ0n) is 20.1. The molecule has 1 N–H and O–H groups in total. The van der Waals surface area contributed by atoms with Crippen LogP contribution in [0.3, 0.4) is 0 Å². The molecule has 2 aromatic rings. The summed E-state index contributed by atoms with van der Waals surface area (Å²) in [5, 5.41) is 11.3. The third-order valence-electron chi connectivity index (χ3n) is 6.18. The smallest absolute Gasteiger partial charge is 0.295 e. The lowest BCUT2D eigenvalue weighted by Gasteiger charge is -2.31. The highest BCUT2D eigenvalue weighted by Crippen LogP contribution is 2.40. The second-order valence-electron chi connectivity index (χ2n) is 9.23. The quantitative estimate of drug-likeness (QED) is 0.305. The highest BCUT2D eigenvalue weighted by molar-refractivity contribution is 9.10. The minimum absolute atomic E-state index is 0.103. The molecule has 186 valence electrons. The van der Waals surface area contributed by atoms with Crippen LogP contribution in [0.5, 0.6) is 5.75 Å². The Morgan fingerprint density at radius 3 is 2.49 bits per heavy atom. The van der Waals surface area contributed by atoms with Crippen LogP contribution in [-0.2, 0) is 14.3 Å². The molecule has 2 saturated heterocycles. The molecule has 2 aliphatic rings. The molecule has 1 amide bonds. The van der Waals surface area contributed by atoms with Gasteiger partial charge in [0.1, 0.15) is 11.5 Å². The van der Waals surface area contributed by atoms with Crippen molar-refractivity contribution < 1.29 is 24.2 Å². The fourth-order valence-electron chi connectivity index (χ4n) is 4.34. The molecule has 2 fully saturated rings. The zero-order valence-corrected chi connectivity index (χ0v) is 21.7. The van der Waals surface area contributed by atoms with Crippen molar-refractivity contribution in [3.05, 3.63) is 69.7 Å². The molecular weight excluding hydrogens is 512 g/mol. The first-order valence-electron chi connectivity index (χ1n) is 11.9. The number of hydrogen-bond acceptors (Lipinski definition) is 6. The van der Waals surface area contributed by atoms with Crippen molar-refractivity contribution in [1.29, 1.82) is 0 Å². The highest BCUT2D eigenvalue weighted by atomic mass is 79.9. The van der Waals surface area contributed by atoms with E-state index in [1.807, 2.05) is 24.3 Å². The molecule has 0 radical (unpaired) electrons. The number of ketones is 1. The fraction of sp³-hybridized carbons (Fsp3) is 0.407. The molecule has 4 rings (SSSR count). The van der Waals surface area contributed by atoms with Crippen molar-refractivity contribution in [2.45, 2.75) is 19.9 Å². The molecule has 0 aromatic heterocycles. The number of Topliss-reactive ketones (excluding diaryl/α,β-unsaturated/α-hetero) is 1. The SMILES string of the molecule is CC(C)COc1ccc(/C(O)=C2\C(=O)C(=O)N(CCN3CCOCC3)C2c2cccc(Br)c2)cc1. The van der Waals surface area contributed by atoms with Crippen molar-refractivity contribution in [2.24, 2.45) is 5.92 Å². The minimum atomic E-state index is -0.676. The summed E-state index contributed by atoms with van der Waals surface area (Å²) in [6.45, 7) is 8.62. The minimum Gasteiger partial charge on any atom is -0.507 e. The number of halogens is 1. The highest BCUT2D eigenvalue weighted by Gasteiger charge is 2.46. The van der Waals surface area contributed by atoms with Crippen LogP contribution < -0.4 is 4.74 Å². The normalized spacial score (nSPS) is 20.6. The number of ether oxygens (including phenoxy) is 2. The average Bonchev–Trinajstić information content (AvgIpc) is 3.11. The van der Waals surface area contributed by atoms with Gasteiger partial charge in [0.2, 0.25) is 0 Å². The first kappa shape index (κ1) is 25.4. The summed E-state index contributed by atoms with van der Waals surface area (Å²) < 4.78 is 12.0. The third kappa shape index (κ3) is 5.94. The van der Waals surface area contributed by atoms with Crippen LogP contribution in [0.25, 0.3) is 5.76 Å².